The van der Waals surface area contributed by atoms with Gasteiger partial charge in [0, 0.05) is 5.56 Å². The van der Waals surface area contributed by atoms with Gasteiger partial charge >= 0.3 is 5.97 Å². The molecule has 6 heteroatoms. The Morgan fingerprint density at radius 3 is 2.48 bits per heavy atom. The van der Waals surface area contributed by atoms with Gasteiger partial charge in [0.2, 0.25) is 0 Å². The normalized spacial score (nSPS) is 11.4. The SMILES string of the molecule is COc1ccc(OC)c([C@@H](C)NC(=O)COC(=O)c2cccc(C)c2C)c1. The van der Waals surface area contributed by atoms with Gasteiger partial charge in [0.05, 0.1) is 25.8 Å². The van der Waals surface area contributed by atoms with Crippen LogP contribution >= 0.6 is 0 Å². The lowest BCUT2D eigenvalue weighted by Gasteiger charge is -2.18. The molecule has 144 valence electrons. The minimum Gasteiger partial charge on any atom is -0.497 e. The van der Waals surface area contributed by atoms with E-state index in [2.05, 4.69) is 5.32 Å². The Kier molecular flexibility index (Phi) is 6.82. The average molecular weight is 371 g/mol. The van der Waals surface area contributed by atoms with Crippen molar-refractivity contribution in [2.24, 2.45) is 0 Å². The Bertz CT molecular complexity index is 831. The molecule has 1 N–H and O–H groups in total. The molecule has 0 spiro atoms. The van der Waals surface area contributed by atoms with Crippen molar-refractivity contribution in [2.75, 3.05) is 20.8 Å². The van der Waals surface area contributed by atoms with Gasteiger partial charge in [-0.3, -0.25) is 4.79 Å². The molecule has 0 heterocycles. The smallest absolute Gasteiger partial charge is 0.338 e. The van der Waals surface area contributed by atoms with Gasteiger partial charge in [-0.15, -0.1) is 0 Å². The first kappa shape index (κ1) is 20.3. The van der Waals surface area contributed by atoms with Crippen LogP contribution in [0.15, 0.2) is 36.4 Å². The predicted octanol–water partition coefficient (Wildman–Crippen LogP) is 3.35. The fraction of sp³-hybridized carbons (Fsp3) is 0.333. The highest BCUT2D eigenvalue weighted by molar-refractivity contribution is 5.93. The molecule has 1 atom stereocenters. The summed E-state index contributed by atoms with van der Waals surface area (Å²) >= 11 is 0. The van der Waals surface area contributed by atoms with E-state index in [-0.39, 0.29) is 12.6 Å². The van der Waals surface area contributed by atoms with Gasteiger partial charge in [0.25, 0.3) is 5.91 Å². The minimum absolute atomic E-state index is 0.345. The number of methoxy groups -OCH3 is 2. The van der Waals surface area contributed by atoms with Crippen LogP contribution in [0, 0.1) is 13.8 Å². The van der Waals surface area contributed by atoms with Gasteiger partial charge in [-0.25, -0.2) is 4.79 Å². The van der Waals surface area contributed by atoms with Crippen molar-refractivity contribution in [1.29, 1.82) is 0 Å². The van der Waals surface area contributed by atoms with E-state index in [1.807, 2.05) is 26.8 Å². The van der Waals surface area contributed by atoms with Crippen molar-refractivity contribution in [3.05, 3.63) is 58.7 Å². The van der Waals surface area contributed by atoms with Crippen LogP contribution < -0.4 is 14.8 Å². The molecule has 1 amide bonds. The molecule has 0 radical (unpaired) electrons. The molecule has 0 unspecified atom stereocenters. The maximum Gasteiger partial charge on any atom is 0.338 e. The highest BCUT2D eigenvalue weighted by atomic mass is 16.5. The fourth-order valence-electron chi connectivity index (χ4n) is 2.72. The summed E-state index contributed by atoms with van der Waals surface area (Å²) < 4.78 is 15.7. The number of amides is 1. The molecule has 6 nitrogen and oxygen atoms in total. The van der Waals surface area contributed by atoms with Crippen molar-refractivity contribution < 1.29 is 23.8 Å². The van der Waals surface area contributed by atoms with Gasteiger partial charge in [-0.1, -0.05) is 12.1 Å². The van der Waals surface area contributed by atoms with E-state index >= 15 is 0 Å². The Balaban J connectivity index is 1.99. The molecule has 2 rings (SSSR count). The monoisotopic (exact) mass is 371 g/mol. The first-order valence-corrected chi connectivity index (χ1v) is 8.62. The minimum atomic E-state index is -0.516. The summed E-state index contributed by atoms with van der Waals surface area (Å²) in [5.41, 5.74) is 3.07. The molecule has 0 aliphatic rings. The van der Waals surface area contributed by atoms with E-state index in [9.17, 15) is 9.59 Å². The van der Waals surface area contributed by atoms with Crippen molar-refractivity contribution in [2.45, 2.75) is 26.8 Å². The molecular formula is C21H25NO5. The van der Waals surface area contributed by atoms with Crippen LogP contribution in [0.2, 0.25) is 0 Å². The second-order valence-electron chi connectivity index (χ2n) is 6.22. The molecule has 0 aromatic heterocycles. The van der Waals surface area contributed by atoms with E-state index in [0.29, 0.717) is 17.1 Å². The number of rotatable bonds is 7. The lowest BCUT2D eigenvalue weighted by molar-refractivity contribution is -0.124. The van der Waals surface area contributed by atoms with E-state index in [1.54, 1.807) is 44.6 Å². The third-order valence-electron chi connectivity index (χ3n) is 4.44. The average Bonchev–Trinajstić information content (AvgIpc) is 2.67. The van der Waals surface area contributed by atoms with Crippen molar-refractivity contribution in [3.8, 4) is 11.5 Å². The molecule has 2 aromatic carbocycles. The molecule has 0 fully saturated rings. The molecule has 0 aliphatic carbocycles. The maximum atomic E-state index is 12.2. The molecule has 0 saturated carbocycles. The second kappa shape index (κ2) is 9.07. The van der Waals surface area contributed by atoms with E-state index in [4.69, 9.17) is 14.2 Å². The van der Waals surface area contributed by atoms with Crippen LogP contribution in [0.3, 0.4) is 0 Å². The molecule has 0 bridgehead atoms. The van der Waals surface area contributed by atoms with Crippen LogP contribution in [0.5, 0.6) is 11.5 Å². The molecule has 0 saturated heterocycles. The van der Waals surface area contributed by atoms with Gasteiger partial charge in [0.1, 0.15) is 11.5 Å². The third-order valence-corrected chi connectivity index (χ3v) is 4.44. The van der Waals surface area contributed by atoms with Gasteiger partial charge in [-0.2, -0.15) is 0 Å². The number of ether oxygens (including phenoxy) is 3. The van der Waals surface area contributed by atoms with Crippen molar-refractivity contribution in [3.63, 3.8) is 0 Å². The predicted molar refractivity (Wildman–Crippen MR) is 102 cm³/mol. The molecule has 2 aromatic rings. The summed E-state index contributed by atoms with van der Waals surface area (Å²) in [5, 5.41) is 2.80. The zero-order valence-corrected chi connectivity index (χ0v) is 16.3. The van der Waals surface area contributed by atoms with Crippen LogP contribution in [-0.2, 0) is 9.53 Å². The summed E-state index contributed by atoms with van der Waals surface area (Å²) in [5.74, 6) is 0.383. The lowest BCUT2D eigenvalue weighted by atomic mass is 10.0. The summed E-state index contributed by atoms with van der Waals surface area (Å²) in [6.45, 7) is 5.23. The summed E-state index contributed by atoms with van der Waals surface area (Å²) in [6.07, 6.45) is 0. The Morgan fingerprint density at radius 2 is 1.81 bits per heavy atom. The number of hydrogen-bond donors (Lipinski definition) is 1. The van der Waals surface area contributed by atoms with Crippen LogP contribution in [-0.4, -0.2) is 32.7 Å². The first-order chi connectivity index (χ1) is 12.9. The van der Waals surface area contributed by atoms with Crippen LogP contribution in [0.1, 0.15) is 40.0 Å². The van der Waals surface area contributed by atoms with Gasteiger partial charge in [0.15, 0.2) is 6.61 Å². The Hall–Kier alpha value is -3.02. The largest absolute Gasteiger partial charge is 0.497 e. The number of hydrogen-bond acceptors (Lipinski definition) is 5. The second-order valence-corrected chi connectivity index (χ2v) is 6.22. The highest BCUT2D eigenvalue weighted by Crippen LogP contribution is 2.29. The van der Waals surface area contributed by atoms with Crippen LogP contribution in [0.4, 0.5) is 0 Å². The number of benzene rings is 2. The number of esters is 1. The van der Waals surface area contributed by atoms with E-state index < -0.39 is 11.9 Å². The van der Waals surface area contributed by atoms with Crippen LogP contribution in [0.25, 0.3) is 0 Å². The number of carbonyl (C=O) groups is 2. The first-order valence-electron chi connectivity index (χ1n) is 8.62. The summed E-state index contributed by atoms with van der Waals surface area (Å²) in [4.78, 5) is 24.4. The molecule has 27 heavy (non-hydrogen) atoms. The summed E-state index contributed by atoms with van der Waals surface area (Å²) in [7, 11) is 3.13. The lowest BCUT2D eigenvalue weighted by Crippen LogP contribution is -2.31. The third kappa shape index (κ3) is 5.00. The topological polar surface area (TPSA) is 73.9 Å². The highest BCUT2D eigenvalue weighted by Gasteiger charge is 2.17. The Labute approximate surface area is 159 Å². The van der Waals surface area contributed by atoms with Crippen molar-refractivity contribution in [1.82, 2.24) is 5.32 Å². The molecule has 0 aliphatic heterocycles. The van der Waals surface area contributed by atoms with E-state index in [1.165, 1.54) is 0 Å². The fourth-order valence-corrected chi connectivity index (χ4v) is 2.72. The van der Waals surface area contributed by atoms with Gasteiger partial charge < -0.3 is 19.5 Å². The summed E-state index contributed by atoms with van der Waals surface area (Å²) in [6, 6.07) is 10.4. The standard InChI is InChI=1S/C21H25NO5/c1-13-7-6-8-17(14(13)2)21(24)27-12-20(23)22-15(3)18-11-16(25-4)9-10-19(18)26-5/h6-11,15H,12H2,1-5H3,(H,22,23)/t15-/m1/s1. The maximum absolute atomic E-state index is 12.2. The van der Waals surface area contributed by atoms with Crippen molar-refractivity contribution >= 4 is 11.9 Å². The van der Waals surface area contributed by atoms with Gasteiger partial charge in [-0.05, 0) is 56.2 Å². The number of carbonyl (C=O) groups excluding carboxylic acids is 2. The molecular weight excluding hydrogens is 346 g/mol. The Morgan fingerprint density at radius 1 is 1.07 bits per heavy atom. The number of nitrogens with one attached hydrogen (secondary N) is 1. The quantitative estimate of drug-likeness (QED) is 0.756. The number of aryl methyl sites for hydroxylation is 1. The van der Waals surface area contributed by atoms with E-state index in [0.717, 1.165) is 16.7 Å². The zero-order valence-electron chi connectivity index (χ0n) is 16.3. The zero-order chi connectivity index (χ0) is 20.0.